The van der Waals surface area contributed by atoms with Crippen molar-refractivity contribution in [2.45, 2.75) is 39.5 Å². The summed E-state index contributed by atoms with van der Waals surface area (Å²) in [5.41, 5.74) is 3.48. The van der Waals surface area contributed by atoms with Gasteiger partial charge in [0.25, 0.3) is 0 Å². The Labute approximate surface area is 174 Å². The Morgan fingerprint density at radius 1 is 1.21 bits per heavy atom. The lowest BCUT2D eigenvalue weighted by atomic mass is 9.82. The number of hydrogen-bond donors (Lipinski definition) is 1. The molecule has 1 N–H and O–H groups in total. The molecular weight excluding hydrogens is 390 g/mol. The van der Waals surface area contributed by atoms with Crippen LogP contribution in [0.3, 0.4) is 0 Å². The summed E-state index contributed by atoms with van der Waals surface area (Å²) >= 11 is 6.03. The highest BCUT2D eigenvalue weighted by molar-refractivity contribution is 6.31. The molecule has 29 heavy (non-hydrogen) atoms. The second-order valence-corrected chi connectivity index (χ2v) is 8.44. The molecule has 0 aliphatic carbocycles. The summed E-state index contributed by atoms with van der Waals surface area (Å²) in [6.45, 7) is 11.4. The summed E-state index contributed by atoms with van der Waals surface area (Å²) in [5.74, 6) is -0.318. The molecule has 0 radical (unpaired) electrons. The monoisotopic (exact) mass is 413 g/mol. The summed E-state index contributed by atoms with van der Waals surface area (Å²) in [5, 5.41) is 20.6. The summed E-state index contributed by atoms with van der Waals surface area (Å²) in [7, 11) is 0. The number of fused-ring (bicyclic) bond motifs is 1. The molecule has 1 aromatic heterocycles. The Morgan fingerprint density at radius 3 is 2.55 bits per heavy atom. The van der Waals surface area contributed by atoms with Gasteiger partial charge < -0.3 is 9.84 Å². The Bertz CT molecular complexity index is 1100. The average molecular weight is 414 g/mol. The fraction of sp³-hybridized carbons (Fsp3) is 0.318. The fourth-order valence-electron chi connectivity index (χ4n) is 3.20. The maximum absolute atomic E-state index is 11.6. The zero-order valence-electron chi connectivity index (χ0n) is 17.0. The van der Waals surface area contributed by atoms with Crippen LogP contribution in [-0.4, -0.2) is 32.7 Å². The van der Waals surface area contributed by atoms with Crippen LogP contribution in [0.25, 0.3) is 16.7 Å². The van der Waals surface area contributed by atoms with E-state index in [4.69, 9.17) is 16.3 Å². The van der Waals surface area contributed by atoms with Gasteiger partial charge >= 0.3 is 5.97 Å². The van der Waals surface area contributed by atoms with Crippen LogP contribution in [0.15, 0.2) is 42.5 Å². The molecule has 0 fully saturated rings. The van der Waals surface area contributed by atoms with Gasteiger partial charge in [0.05, 0.1) is 6.61 Å². The molecule has 0 amide bonds. The molecule has 0 atom stereocenters. The van der Waals surface area contributed by atoms with Crippen LogP contribution in [0.2, 0.25) is 5.02 Å². The van der Waals surface area contributed by atoms with Crippen molar-refractivity contribution in [2.24, 2.45) is 0 Å². The summed E-state index contributed by atoms with van der Waals surface area (Å²) < 4.78 is 5.22. The molecule has 0 aliphatic rings. The second-order valence-electron chi connectivity index (χ2n) is 8.01. The number of esters is 1. The molecule has 7 heteroatoms. The van der Waals surface area contributed by atoms with Crippen molar-refractivity contribution in [1.82, 2.24) is 15.0 Å². The first-order valence-electron chi connectivity index (χ1n) is 9.29. The van der Waals surface area contributed by atoms with Crippen LogP contribution in [0, 0.1) is 0 Å². The van der Waals surface area contributed by atoms with Gasteiger partial charge in [-0.25, -0.2) is 4.79 Å². The molecular formula is C22H24ClN3O3. The van der Waals surface area contributed by atoms with E-state index in [9.17, 15) is 9.90 Å². The van der Waals surface area contributed by atoms with E-state index in [2.05, 4.69) is 16.8 Å². The molecule has 0 aliphatic heterocycles. The van der Waals surface area contributed by atoms with Crippen molar-refractivity contribution in [3.63, 3.8) is 0 Å². The van der Waals surface area contributed by atoms with Crippen molar-refractivity contribution >= 4 is 28.6 Å². The van der Waals surface area contributed by atoms with Gasteiger partial charge in [-0.15, -0.1) is 15.0 Å². The second kappa shape index (κ2) is 7.87. The number of benzene rings is 2. The fourth-order valence-corrected chi connectivity index (χ4v) is 3.37. The lowest BCUT2D eigenvalue weighted by Gasteiger charge is -2.25. The molecule has 0 saturated carbocycles. The molecule has 0 spiro atoms. The lowest BCUT2D eigenvalue weighted by molar-refractivity contribution is -0.138. The van der Waals surface area contributed by atoms with Gasteiger partial charge in [0.2, 0.25) is 0 Å². The number of hydrogen-bond acceptors (Lipinski definition) is 5. The van der Waals surface area contributed by atoms with Crippen molar-refractivity contribution in [2.75, 3.05) is 6.61 Å². The van der Waals surface area contributed by atoms with Gasteiger partial charge in [-0.3, -0.25) is 0 Å². The SMILES string of the molecule is C=C(C)C(=O)OCCc1ccc(-n2nc3ccc(Cl)cc3n2)c(O)c1C(C)(C)C. The third-order valence-electron chi connectivity index (χ3n) is 4.50. The molecule has 2 aromatic carbocycles. The summed E-state index contributed by atoms with van der Waals surface area (Å²) in [6.07, 6.45) is 0.476. The molecule has 0 unspecified atom stereocenters. The number of rotatable bonds is 5. The van der Waals surface area contributed by atoms with Crippen molar-refractivity contribution in [3.8, 4) is 11.4 Å². The zero-order chi connectivity index (χ0) is 21.3. The number of phenols is 1. The van der Waals surface area contributed by atoms with E-state index in [1.54, 1.807) is 31.2 Å². The number of carbonyl (C=O) groups excluding carboxylic acids is 1. The topological polar surface area (TPSA) is 77.2 Å². The van der Waals surface area contributed by atoms with Crippen LogP contribution in [0.4, 0.5) is 0 Å². The Balaban J connectivity index is 1.99. The van der Waals surface area contributed by atoms with Gasteiger partial charge in [-0.05, 0) is 42.2 Å². The van der Waals surface area contributed by atoms with E-state index in [0.717, 1.165) is 11.1 Å². The number of halogens is 1. The molecule has 1 heterocycles. The first kappa shape index (κ1) is 20.9. The molecule has 6 nitrogen and oxygen atoms in total. The number of ether oxygens (including phenoxy) is 1. The first-order chi connectivity index (χ1) is 13.6. The molecule has 3 aromatic rings. The van der Waals surface area contributed by atoms with Gasteiger partial charge in [0.1, 0.15) is 22.5 Å². The Morgan fingerprint density at radius 2 is 1.90 bits per heavy atom. The minimum absolute atomic E-state index is 0.104. The standard InChI is InChI=1S/C22H24ClN3O3/c1-13(2)21(28)29-11-10-14-6-9-18(20(27)19(14)22(3,4)5)26-24-16-8-7-15(23)12-17(16)25-26/h6-9,12,27H,1,10-11H2,2-5H3. The molecule has 3 rings (SSSR count). The smallest absolute Gasteiger partial charge is 0.333 e. The van der Waals surface area contributed by atoms with E-state index in [-0.39, 0.29) is 17.8 Å². The van der Waals surface area contributed by atoms with Crippen LogP contribution >= 0.6 is 11.6 Å². The largest absolute Gasteiger partial charge is 0.505 e. The molecule has 152 valence electrons. The number of aromatic hydroxyl groups is 1. The maximum Gasteiger partial charge on any atom is 0.333 e. The zero-order valence-corrected chi connectivity index (χ0v) is 17.7. The van der Waals surface area contributed by atoms with Gasteiger partial charge in [-0.1, -0.05) is 45.0 Å². The maximum atomic E-state index is 11.6. The first-order valence-corrected chi connectivity index (χ1v) is 9.66. The molecule has 0 saturated heterocycles. The van der Waals surface area contributed by atoms with Crippen LogP contribution in [0.5, 0.6) is 5.75 Å². The van der Waals surface area contributed by atoms with Gasteiger partial charge in [-0.2, -0.15) is 0 Å². The van der Waals surface area contributed by atoms with Crippen LogP contribution in [-0.2, 0) is 21.4 Å². The van der Waals surface area contributed by atoms with Gasteiger partial charge in [0, 0.05) is 22.6 Å². The predicted molar refractivity (Wildman–Crippen MR) is 114 cm³/mol. The number of nitrogens with zero attached hydrogens (tertiary/aromatic N) is 3. The average Bonchev–Trinajstić information content (AvgIpc) is 3.03. The predicted octanol–water partition coefficient (Wildman–Crippen LogP) is 4.74. The highest BCUT2D eigenvalue weighted by atomic mass is 35.5. The number of phenolic OH excluding ortho intramolecular Hbond substituents is 1. The van der Waals surface area contributed by atoms with E-state index < -0.39 is 5.97 Å². The van der Waals surface area contributed by atoms with Crippen molar-refractivity contribution < 1.29 is 14.6 Å². The number of carbonyl (C=O) groups is 1. The number of aromatic nitrogens is 3. The van der Waals surface area contributed by atoms with E-state index in [1.165, 1.54) is 4.80 Å². The van der Waals surface area contributed by atoms with E-state index in [0.29, 0.717) is 33.7 Å². The summed E-state index contributed by atoms with van der Waals surface area (Å²) in [6, 6.07) is 8.94. The summed E-state index contributed by atoms with van der Waals surface area (Å²) in [4.78, 5) is 13.0. The highest BCUT2D eigenvalue weighted by Gasteiger charge is 2.25. The molecule has 0 bridgehead atoms. The Hall–Kier alpha value is -2.86. The normalized spacial score (nSPS) is 11.6. The van der Waals surface area contributed by atoms with E-state index in [1.807, 2.05) is 26.8 Å². The lowest BCUT2D eigenvalue weighted by Crippen LogP contribution is -2.18. The van der Waals surface area contributed by atoms with E-state index >= 15 is 0 Å². The van der Waals surface area contributed by atoms with Crippen molar-refractivity contribution in [1.29, 1.82) is 0 Å². The quantitative estimate of drug-likeness (QED) is 0.483. The third-order valence-corrected chi connectivity index (χ3v) is 4.74. The van der Waals surface area contributed by atoms with Crippen LogP contribution in [0.1, 0.15) is 38.8 Å². The van der Waals surface area contributed by atoms with Gasteiger partial charge in [0.15, 0.2) is 0 Å². The van der Waals surface area contributed by atoms with Crippen LogP contribution < -0.4 is 0 Å². The minimum Gasteiger partial charge on any atom is -0.505 e. The highest BCUT2D eigenvalue weighted by Crippen LogP contribution is 2.38. The third kappa shape index (κ3) is 4.43. The van der Waals surface area contributed by atoms with Crippen molar-refractivity contribution in [3.05, 3.63) is 58.6 Å². The minimum atomic E-state index is -0.422. The Kier molecular flexibility index (Phi) is 5.66.